The molecule has 12 heteroatoms. The first-order chi connectivity index (χ1) is 20.5. The first kappa shape index (κ1) is 28.6. The normalized spacial score (nSPS) is 20.0. The number of hydrogen-bond donors (Lipinski definition) is 1. The molecule has 2 saturated heterocycles. The van der Waals surface area contributed by atoms with Crippen molar-refractivity contribution >= 4 is 34.6 Å². The number of thiazole rings is 1. The summed E-state index contributed by atoms with van der Waals surface area (Å²) in [5.41, 5.74) is 2.71. The van der Waals surface area contributed by atoms with Crippen LogP contribution in [0.4, 0.5) is 5.69 Å². The Labute approximate surface area is 248 Å². The molecule has 6 rings (SSSR count). The Bertz CT molecular complexity index is 1420. The number of ether oxygens (including phenoxy) is 2. The number of fused-ring (bicyclic) bond motifs is 6. The van der Waals surface area contributed by atoms with E-state index in [2.05, 4.69) is 20.4 Å². The van der Waals surface area contributed by atoms with Gasteiger partial charge in [-0.05, 0) is 57.1 Å². The average molecular weight is 593 g/mol. The van der Waals surface area contributed by atoms with Crippen molar-refractivity contribution in [2.45, 2.75) is 57.4 Å². The number of Topliss-reactive ketones (excluding diaryl/α,β-unsaturated/α-hetero) is 1. The molecule has 3 aromatic heterocycles. The van der Waals surface area contributed by atoms with Crippen LogP contribution in [-0.2, 0) is 20.7 Å². The number of anilines is 1. The van der Waals surface area contributed by atoms with Crippen molar-refractivity contribution in [3.8, 4) is 10.6 Å². The van der Waals surface area contributed by atoms with E-state index in [0.717, 1.165) is 48.4 Å². The number of aryl methyl sites for hydroxylation is 1. The lowest BCUT2D eigenvalue weighted by molar-refractivity contribution is -0.138. The minimum Gasteiger partial charge on any atom is -0.381 e. The van der Waals surface area contributed by atoms with Gasteiger partial charge in [-0.15, -0.1) is 11.3 Å². The van der Waals surface area contributed by atoms with Crippen molar-refractivity contribution in [3.05, 3.63) is 47.0 Å². The molecule has 0 unspecified atom stereocenters. The fraction of sp³-hybridized carbons (Fsp3) is 0.533. The van der Waals surface area contributed by atoms with E-state index < -0.39 is 0 Å². The highest BCUT2D eigenvalue weighted by molar-refractivity contribution is 7.13. The molecule has 3 aliphatic heterocycles. The van der Waals surface area contributed by atoms with E-state index in [1.54, 1.807) is 22.5 Å². The number of hydrogen-bond acceptors (Lipinski definition) is 9. The van der Waals surface area contributed by atoms with Crippen molar-refractivity contribution in [3.63, 3.8) is 0 Å². The summed E-state index contributed by atoms with van der Waals surface area (Å²) in [6.07, 6.45) is 8.72. The van der Waals surface area contributed by atoms with E-state index in [9.17, 15) is 14.4 Å². The van der Waals surface area contributed by atoms with Gasteiger partial charge in [-0.25, -0.2) is 4.98 Å². The number of aromatic nitrogens is 4. The molecule has 6 heterocycles. The highest BCUT2D eigenvalue weighted by Crippen LogP contribution is 2.28. The highest BCUT2D eigenvalue weighted by atomic mass is 32.1. The number of nitrogens with one attached hydrogen (secondary N) is 1. The zero-order chi connectivity index (χ0) is 28.9. The standard InChI is InChI=1S/C30H36N6O5S/c37-26-4-2-12-35(30(39)20-6-13-40-14-7-20)11-1-3-22-17-21(5-10-31-22)29-33-25(19-42-29)28(38)32-24-18-36(34-27(24)26)23-8-15-41-16-9-23/h5,10,17-20,23H,1-4,6-9,11-16H2,(H,32,38). The maximum atomic E-state index is 13.5. The summed E-state index contributed by atoms with van der Waals surface area (Å²) >= 11 is 1.39. The molecular weight excluding hydrogens is 556 g/mol. The zero-order valence-electron chi connectivity index (χ0n) is 23.6. The Hall–Kier alpha value is -3.48. The quantitative estimate of drug-likeness (QED) is 0.470. The fourth-order valence-corrected chi connectivity index (χ4v) is 6.60. The van der Waals surface area contributed by atoms with Crippen molar-refractivity contribution in [2.24, 2.45) is 5.92 Å². The third-order valence-corrected chi connectivity index (χ3v) is 9.08. The van der Waals surface area contributed by atoms with Crippen molar-refractivity contribution < 1.29 is 23.9 Å². The summed E-state index contributed by atoms with van der Waals surface area (Å²) < 4.78 is 12.8. The van der Waals surface area contributed by atoms with E-state index in [-0.39, 0.29) is 47.4 Å². The lowest BCUT2D eigenvalue weighted by atomic mass is 9.98. The van der Waals surface area contributed by atoms with Crippen LogP contribution >= 0.6 is 11.3 Å². The minimum absolute atomic E-state index is 0.0511. The van der Waals surface area contributed by atoms with Crippen LogP contribution in [0.5, 0.6) is 0 Å². The van der Waals surface area contributed by atoms with Crippen LogP contribution in [0.15, 0.2) is 29.9 Å². The second-order valence-electron chi connectivity index (χ2n) is 11.1. The van der Waals surface area contributed by atoms with Gasteiger partial charge in [0.15, 0.2) is 11.5 Å². The van der Waals surface area contributed by atoms with E-state index in [1.165, 1.54) is 11.3 Å². The molecule has 0 atom stereocenters. The molecule has 42 heavy (non-hydrogen) atoms. The van der Waals surface area contributed by atoms with Gasteiger partial charge in [0.05, 0.1) is 11.7 Å². The topological polar surface area (TPSA) is 129 Å². The fourth-order valence-electron chi connectivity index (χ4n) is 5.81. The lowest BCUT2D eigenvalue weighted by Gasteiger charge is -2.29. The van der Waals surface area contributed by atoms with Crippen molar-refractivity contribution in [2.75, 3.05) is 44.8 Å². The summed E-state index contributed by atoms with van der Waals surface area (Å²) in [6, 6.07) is 3.98. The number of rotatable bonds is 2. The Morgan fingerprint density at radius 1 is 1.00 bits per heavy atom. The van der Waals surface area contributed by atoms with Gasteiger partial charge in [0.2, 0.25) is 5.91 Å². The lowest BCUT2D eigenvalue weighted by Crippen LogP contribution is -2.40. The molecule has 11 nitrogen and oxygen atoms in total. The second-order valence-corrected chi connectivity index (χ2v) is 11.9. The Morgan fingerprint density at radius 3 is 2.52 bits per heavy atom. The maximum Gasteiger partial charge on any atom is 0.275 e. The SMILES string of the molecule is O=C1Nc2cn(C3CCOCC3)nc2C(=O)CCCN(C(=O)C2CCOCC2)CCCc2cc(ccn2)-c2nc1cs2. The number of carbonyl (C=O) groups is 3. The molecule has 0 radical (unpaired) electrons. The van der Waals surface area contributed by atoms with E-state index in [4.69, 9.17) is 9.47 Å². The highest BCUT2D eigenvalue weighted by Gasteiger charge is 2.28. The van der Waals surface area contributed by atoms with Crippen LogP contribution in [0.2, 0.25) is 0 Å². The smallest absolute Gasteiger partial charge is 0.275 e. The minimum atomic E-state index is -0.387. The van der Waals surface area contributed by atoms with Crippen LogP contribution < -0.4 is 5.32 Å². The van der Waals surface area contributed by atoms with Gasteiger partial charge < -0.3 is 19.7 Å². The van der Waals surface area contributed by atoms with E-state index in [1.807, 2.05) is 17.0 Å². The Kier molecular flexibility index (Phi) is 9.01. The number of amides is 2. The number of nitrogens with zero attached hydrogens (tertiary/aromatic N) is 5. The van der Waals surface area contributed by atoms with Crippen LogP contribution in [0, 0.1) is 5.92 Å². The van der Waals surface area contributed by atoms with Gasteiger partial charge in [0.1, 0.15) is 10.7 Å². The first-order valence-corrected chi connectivity index (χ1v) is 15.7. The Morgan fingerprint density at radius 2 is 1.74 bits per heavy atom. The van der Waals surface area contributed by atoms with Crippen molar-refractivity contribution in [1.29, 1.82) is 0 Å². The molecule has 2 fully saturated rings. The summed E-state index contributed by atoms with van der Waals surface area (Å²) in [6.45, 7) is 3.54. The monoisotopic (exact) mass is 592 g/mol. The summed E-state index contributed by atoms with van der Waals surface area (Å²) in [5, 5.41) is 10.0. The molecular formula is C30H36N6O5S. The zero-order valence-corrected chi connectivity index (χ0v) is 24.4. The number of ketones is 1. The summed E-state index contributed by atoms with van der Waals surface area (Å²) in [5.74, 6) is -0.464. The van der Waals surface area contributed by atoms with E-state index in [0.29, 0.717) is 58.0 Å². The molecule has 1 N–H and O–H groups in total. The van der Waals surface area contributed by atoms with Gasteiger partial charge in [-0.3, -0.25) is 24.0 Å². The summed E-state index contributed by atoms with van der Waals surface area (Å²) in [4.78, 5) is 51.3. The molecule has 0 aromatic carbocycles. The van der Waals surface area contributed by atoms with Gasteiger partial charge in [-0.2, -0.15) is 5.10 Å². The van der Waals surface area contributed by atoms with Gasteiger partial charge in [0, 0.05) is 80.9 Å². The van der Waals surface area contributed by atoms with Crippen molar-refractivity contribution in [1.82, 2.24) is 24.6 Å². The van der Waals surface area contributed by atoms with E-state index >= 15 is 0 Å². The molecule has 2 amide bonds. The molecule has 3 aliphatic rings. The predicted octanol–water partition coefficient (Wildman–Crippen LogP) is 4.17. The molecule has 0 saturated carbocycles. The van der Waals surface area contributed by atoms with Crippen LogP contribution in [0.1, 0.15) is 77.7 Å². The largest absolute Gasteiger partial charge is 0.381 e. The third kappa shape index (κ3) is 6.61. The predicted molar refractivity (Wildman–Crippen MR) is 157 cm³/mol. The maximum absolute atomic E-state index is 13.5. The Balaban J connectivity index is 1.29. The van der Waals surface area contributed by atoms with Crippen LogP contribution in [-0.4, -0.2) is 81.8 Å². The average Bonchev–Trinajstić information content (AvgIpc) is 3.69. The summed E-state index contributed by atoms with van der Waals surface area (Å²) in [7, 11) is 0. The first-order valence-electron chi connectivity index (χ1n) is 14.8. The number of carbonyl (C=O) groups excluding carboxylic acids is 3. The molecule has 0 aliphatic carbocycles. The van der Waals surface area contributed by atoms with Gasteiger partial charge in [0.25, 0.3) is 5.91 Å². The second kappa shape index (κ2) is 13.2. The van der Waals surface area contributed by atoms with Crippen LogP contribution in [0.3, 0.4) is 0 Å². The third-order valence-electron chi connectivity index (χ3n) is 8.18. The molecule has 0 spiro atoms. The van der Waals surface area contributed by atoms with Crippen LogP contribution in [0.25, 0.3) is 10.6 Å². The van der Waals surface area contributed by atoms with Gasteiger partial charge >= 0.3 is 0 Å². The molecule has 4 bridgehead atoms. The molecule has 222 valence electrons. The number of pyridine rings is 1. The van der Waals surface area contributed by atoms with Gasteiger partial charge in [-0.1, -0.05) is 0 Å². The molecule has 3 aromatic rings.